The minimum Gasteiger partial charge on any atom is -0.476 e. The van der Waals surface area contributed by atoms with Gasteiger partial charge in [0.15, 0.2) is 5.82 Å². The molecule has 0 unspecified atom stereocenters. The van der Waals surface area contributed by atoms with Crippen molar-refractivity contribution in [2.75, 3.05) is 11.4 Å². The summed E-state index contributed by atoms with van der Waals surface area (Å²) in [6, 6.07) is 7.37. The van der Waals surface area contributed by atoms with Gasteiger partial charge >= 0.3 is 5.97 Å². The Balaban J connectivity index is 2.04. The van der Waals surface area contributed by atoms with Crippen LogP contribution in [-0.4, -0.2) is 38.7 Å². The number of aromatic nitrogens is 3. The third-order valence-electron chi connectivity index (χ3n) is 4.21. The number of carbonyl (C=O) groups is 1. The second-order valence-corrected chi connectivity index (χ2v) is 6.13. The molecule has 1 aliphatic rings. The monoisotopic (exact) mass is 334 g/mol. The van der Waals surface area contributed by atoms with Gasteiger partial charge in [-0.2, -0.15) is 0 Å². The summed E-state index contributed by atoms with van der Waals surface area (Å²) in [4.78, 5) is 15.0. The molecule has 122 valence electrons. The first-order valence-corrected chi connectivity index (χ1v) is 8.21. The zero-order valence-corrected chi connectivity index (χ0v) is 13.7. The zero-order valence-electron chi connectivity index (χ0n) is 12.9. The lowest BCUT2D eigenvalue weighted by Crippen LogP contribution is -2.40. The van der Waals surface area contributed by atoms with Gasteiger partial charge < -0.3 is 10.0 Å². The molecule has 1 atom stereocenters. The van der Waals surface area contributed by atoms with E-state index in [1.54, 1.807) is 24.3 Å². The Kier molecular flexibility index (Phi) is 4.52. The minimum absolute atomic E-state index is 0.00896. The Morgan fingerprint density at radius 3 is 2.91 bits per heavy atom. The number of hydrogen-bond donors (Lipinski definition) is 1. The van der Waals surface area contributed by atoms with Crippen molar-refractivity contribution in [1.29, 1.82) is 0 Å². The first-order chi connectivity index (χ1) is 11.1. The van der Waals surface area contributed by atoms with E-state index in [0.717, 1.165) is 25.8 Å². The van der Waals surface area contributed by atoms with E-state index in [9.17, 15) is 9.90 Å². The molecule has 0 bridgehead atoms. The molecule has 1 aromatic heterocycles. The number of anilines is 1. The molecule has 2 heterocycles. The number of halogens is 1. The molecule has 3 rings (SSSR count). The summed E-state index contributed by atoms with van der Waals surface area (Å²) < 4.78 is 0. The van der Waals surface area contributed by atoms with E-state index in [0.29, 0.717) is 22.6 Å². The molecule has 1 saturated heterocycles. The lowest BCUT2D eigenvalue weighted by atomic mass is 10.00. The van der Waals surface area contributed by atoms with E-state index in [1.807, 2.05) is 0 Å². The molecule has 23 heavy (non-hydrogen) atoms. The fraction of sp³-hybridized carbons (Fsp3) is 0.438. The number of piperidine rings is 1. The lowest BCUT2D eigenvalue weighted by Gasteiger charge is -2.35. The van der Waals surface area contributed by atoms with Crippen LogP contribution < -0.4 is 4.90 Å². The summed E-state index contributed by atoms with van der Waals surface area (Å²) in [6.45, 7) is 2.93. The molecule has 0 radical (unpaired) electrons. The molecule has 7 heteroatoms. The van der Waals surface area contributed by atoms with Gasteiger partial charge in [-0.15, -0.1) is 15.0 Å². The number of carboxylic acid groups (broad SMARTS) is 1. The maximum atomic E-state index is 11.6. The fourth-order valence-corrected chi connectivity index (χ4v) is 3.24. The normalized spacial score (nSPS) is 18.2. The highest BCUT2D eigenvalue weighted by Crippen LogP contribution is 2.28. The smallest absolute Gasteiger partial charge is 0.360 e. The molecule has 0 spiro atoms. The van der Waals surface area contributed by atoms with E-state index in [4.69, 9.17) is 11.6 Å². The van der Waals surface area contributed by atoms with Crippen LogP contribution in [0.3, 0.4) is 0 Å². The highest BCUT2D eigenvalue weighted by molar-refractivity contribution is 6.30. The van der Waals surface area contributed by atoms with Gasteiger partial charge in [0.05, 0.1) is 5.69 Å². The maximum absolute atomic E-state index is 11.6. The van der Waals surface area contributed by atoms with Gasteiger partial charge in [-0.25, -0.2) is 4.79 Å². The second-order valence-electron chi connectivity index (χ2n) is 5.70. The van der Waals surface area contributed by atoms with E-state index in [1.165, 1.54) is 11.2 Å². The average molecular weight is 335 g/mol. The average Bonchev–Trinajstić information content (AvgIpc) is 3.00. The van der Waals surface area contributed by atoms with Crippen LogP contribution in [-0.2, 0) is 0 Å². The van der Waals surface area contributed by atoms with E-state index < -0.39 is 5.97 Å². The number of hydrogen-bond acceptors (Lipinski definition) is 4. The van der Waals surface area contributed by atoms with Gasteiger partial charge in [0.1, 0.15) is 0 Å². The Labute approximate surface area is 139 Å². The van der Waals surface area contributed by atoms with Crippen LogP contribution in [0.4, 0.5) is 5.82 Å². The van der Waals surface area contributed by atoms with Gasteiger partial charge in [0.25, 0.3) is 0 Å². The topological polar surface area (TPSA) is 71.2 Å². The van der Waals surface area contributed by atoms with Crippen LogP contribution in [0.2, 0.25) is 5.02 Å². The summed E-state index contributed by atoms with van der Waals surface area (Å²) in [5.74, 6) is -0.613. The van der Waals surface area contributed by atoms with Crippen LogP contribution in [0.1, 0.15) is 43.1 Å². The van der Waals surface area contributed by atoms with Crippen molar-refractivity contribution >= 4 is 23.4 Å². The molecule has 1 aromatic carbocycles. The van der Waals surface area contributed by atoms with Crippen molar-refractivity contribution in [2.45, 2.75) is 38.6 Å². The first-order valence-electron chi connectivity index (χ1n) is 7.83. The van der Waals surface area contributed by atoms with Crippen molar-refractivity contribution in [1.82, 2.24) is 15.0 Å². The van der Waals surface area contributed by atoms with Crippen LogP contribution in [0.15, 0.2) is 24.3 Å². The first kappa shape index (κ1) is 15.8. The molecule has 1 N–H and O–H groups in total. The van der Waals surface area contributed by atoms with Crippen molar-refractivity contribution in [3.05, 3.63) is 35.0 Å². The summed E-state index contributed by atoms with van der Waals surface area (Å²) in [7, 11) is 0. The van der Waals surface area contributed by atoms with Crippen LogP contribution >= 0.6 is 11.6 Å². The molecule has 1 fully saturated rings. The summed E-state index contributed by atoms with van der Waals surface area (Å²) in [6.07, 6.45) is 4.22. The predicted molar refractivity (Wildman–Crippen MR) is 88.6 cm³/mol. The van der Waals surface area contributed by atoms with Crippen LogP contribution in [0.25, 0.3) is 5.69 Å². The molecule has 2 aromatic rings. The van der Waals surface area contributed by atoms with Gasteiger partial charge in [-0.05, 0) is 43.9 Å². The molecular weight excluding hydrogens is 316 g/mol. The zero-order chi connectivity index (χ0) is 16.4. The SMILES string of the molecule is CC[C@H]1CCCCN1c1nn(-c2cccc(Cl)c2)nc1C(=O)O. The molecule has 6 nitrogen and oxygen atoms in total. The number of carboxylic acids is 1. The predicted octanol–water partition coefficient (Wildman–Crippen LogP) is 3.39. The number of nitrogens with zero attached hydrogens (tertiary/aromatic N) is 4. The van der Waals surface area contributed by atoms with Crippen molar-refractivity contribution in [3.63, 3.8) is 0 Å². The number of rotatable bonds is 4. The number of benzene rings is 1. The van der Waals surface area contributed by atoms with Gasteiger partial charge in [0.2, 0.25) is 5.69 Å². The van der Waals surface area contributed by atoms with Crippen molar-refractivity contribution in [2.24, 2.45) is 0 Å². The maximum Gasteiger partial charge on any atom is 0.360 e. The number of aromatic carboxylic acids is 1. The third-order valence-corrected chi connectivity index (χ3v) is 4.44. The molecule has 1 aliphatic heterocycles. The minimum atomic E-state index is -1.06. The largest absolute Gasteiger partial charge is 0.476 e. The molecule has 0 saturated carbocycles. The van der Waals surface area contributed by atoms with Crippen LogP contribution in [0.5, 0.6) is 0 Å². The van der Waals surface area contributed by atoms with Crippen molar-refractivity contribution < 1.29 is 9.90 Å². The third kappa shape index (κ3) is 3.17. The molecule has 0 aliphatic carbocycles. The van der Waals surface area contributed by atoms with Crippen LogP contribution in [0, 0.1) is 0 Å². The van der Waals surface area contributed by atoms with E-state index in [-0.39, 0.29) is 5.69 Å². The standard InChI is InChI=1S/C16H19ClN4O2/c1-2-12-7-3-4-9-20(12)15-14(16(22)23)18-21(19-15)13-8-5-6-11(17)10-13/h5-6,8,10,12H,2-4,7,9H2,1H3,(H,22,23)/t12-/m0/s1. The van der Waals surface area contributed by atoms with E-state index in [2.05, 4.69) is 22.0 Å². The fourth-order valence-electron chi connectivity index (χ4n) is 3.05. The van der Waals surface area contributed by atoms with E-state index >= 15 is 0 Å². The quantitative estimate of drug-likeness (QED) is 0.928. The summed E-state index contributed by atoms with van der Waals surface area (Å²) in [5, 5.41) is 18.7. The Bertz CT molecular complexity index is 716. The lowest BCUT2D eigenvalue weighted by molar-refractivity contribution is 0.0690. The van der Waals surface area contributed by atoms with Gasteiger partial charge in [0, 0.05) is 17.6 Å². The van der Waals surface area contributed by atoms with Crippen molar-refractivity contribution in [3.8, 4) is 5.69 Å². The molecular formula is C16H19ClN4O2. The van der Waals surface area contributed by atoms with Gasteiger partial charge in [-0.1, -0.05) is 24.6 Å². The Morgan fingerprint density at radius 2 is 2.22 bits per heavy atom. The Hall–Kier alpha value is -2.08. The highest BCUT2D eigenvalue weighted by Gasteiger charge is 2.29. The Morgan fingerprint density at radius 1 is 1.39 bits per heavy atom. The summed E-state index contributed by atoms with van der Waals surface area (Å²) >= 11 is 6.00. The molecule has 0 amide bonds. The highest BCUT2D eigenvalue weighted by atomic mass is 35.5. The summed E-state index contributed by atoms with van der Waals surface area (Å²) in [5.41, 5.74) is 0.640. The second kappa shape index (κ2) is 6.58. The van der Waals surface area contributed by atoms with Gasteiger partial charge in [-0.3, -0.25) is 0 Å².